The summed E-state index contributed by atoms with van der Waals surface area (Å²) in [6.07, 6.45) is 31.8. The predicted molar refractivity (Wildman–Crippen MR) is 182 cm³/mol. The van der Waals surface area contributed by atoms with Crippen LogP contribution >= 0.6 is 0 Å². The van der Waals surface area contributed by atoms with Gasteiger partial charge in [-0.15, -0.1) is 0 Å². The van der Waals surface area contributed by atoms with Crippen LogP contribution < -0.4 is 15.5 Å². The molecule has 0 spiro atoms. The number of allylic oxidation sites excluding steroid dienone is 14. The molecule has 0 saturated heterocycles. The fraction of sp³-hybridized carbons (Fsp3) is 0. The molecule has 0 atom stereocenters. The zero-order chi connectivity index (χ0) is 29.3. The van der Waals surface area contributed by atoms with E-state index in [0.29, 0.717) is 0 Å². The third-order valence-corrected chi connectivity index (χ3v) is 5.76. The lowest BCUT2D eigenvalue weighted by atomic mass is 10.1. The first-order valence-electron chi connectivity index (χ1n) is 12.8. The summed E-state index contributed by atoms with van der Waals surface area (Å²) >= 11 is 0. The van der Waals surface area contributed by atoms with Crippen molar-refractivity contribution in [3.8, 4) is 0 Å². The molecule has 1 heterocycles. The standard InChI is InChI=1S/C38H38N2/c1-9-17-26-31(23-12-4)39(33-28-21-20-22-29-33)36(16-8)38-34(30-19-11-3)35(15-7)40(37(38)25-14-6)32(24-13-5)27-18-10-2/h9-30H,1-8H2/b26-17-,27-18-,30-19-,31-23+,32-24+,37-25+,38-36+. The third-order valence-electron chi connectivity index (χ3n) is 5.76. The molecule has 1 aromatic heterocycles. The highest BCUT2D eigenvalue weighted by Crippen LogP contribution is 2.27. The average Bonchev–Trinajstić information content (AvgIpc) is 3.28. The van der Waals surface area contributed by atoms with E-state index in [9.17, 15) is 0 Å². The van der Waals surface area contributed by atoms with Crippen molar-refractivity contribution in [3.05, 3.63) is 196 Å². The lowest BCUT2D eigenvalue weighted by Gasteiger charge is -2.27. The summed E-state index contributed by atoms with van der Waals surface area (Å²) < 4.78 is 2.12. The van der Waals surface area contributed by atoms with Crippen molar-refractivity contribution in [2.45, 2.75) is 0 Å². The van der Waals surface area contributed by atoms with Crippen LogP contribution in [0, 0.1) is 0 Å². The monoisotopic (exact) mass is 522 g/mol. The van der Waals surface area contributed by atoms with Crippen molar-refractivity contribution < 1.29 is 0 Å². The van der Waals surface area contributed by atoms with Gasteiger partial charge in [0.2, 0.25) is 0 Å². The van der Waals surface area contributed by atoms with E-state index in [2.05, 4.69) is 74.2 Å². The molecule has 200 valence electrons. The van der Waals surface area contributed by atoms with E-state index in [1.54, 1.807) is 36.5 Å². The van der Waals surface area contributed by atoms with Crippen LogP contribution in [0.1, 0.15) is 11.3 Å². The van der Waals surface area contributed by atoms with Crippen molar-refractivity contribution in [1.29, 1.82) is 0 Å². The first-order valence-corrected chi connectivity index (χ1v) is 12.8. The molecule has 0 N–H and O–H groups in total. The molecule has 0 amide bonds. The zero-order valence-electron chi connectivity index (χ0n) is 23.3. The molecule has 2 aromatic rings. The summed E-state index contributed by atoms with van der Waals surface area (Å²) in [6, 6.07) is 10.1. The number of anilines is 1. The van der Waals surface area contributed by atoms with Crippen molar-refractivity contribution >= 4 is 35.3 Å². The Morgan fingerprint density at radius 1 is 0.700 bits per heavy atom. The van der Waals surface area contributed by atoms with Crippen molar-refractivity contribution in [2.24, 2.45) is 0 Å². The van der Waals surface area contributed by atoms with Crippen LogP contribution in [-0.2, 0) is 0 Å². The third kappa shape index (κ3) is 7.15. The molecule has 0 fully saturated rings. The molecule has 1 aromatic carbocycles. The molecule has 0 saturated carbocycles. The minimum atomic E-state index is 0.845. The molecule has 0 bridgehead atoms. The van der Waals surface area contributed by atoms with Crippen LogP contribution in [0.3, 0.4) is 0 Å². The Labute approximate surface area is 240 Å². The van der Waals surface area contributed by atoms with Gasteiger partial charge in [0.25, 0.3) is 0 Å². The zero-order valence-corrected chi connectivity index (χ0v) is 23.3. The van der Waals surface area contributed by atoms with E-state index in [1.165, 1.54) is 0 Å². The molecule has 0 aliphatic heterocycles. The van der Waals surface area contributed by atoms with Crippen molar-refractivity contribution in [2.75, 3.05) is 4.90 Å². The van der Waals surface area contributed by atoms with Gasteiger partial charge in [-0.25, -0.2) is 0 Å². The van der Waals surface area contributed by atoms with E-state index in [1.807, 2.05) is 85.0 Å². The van der Waals surface area contributed by atoms with Crippen LogP contribution in [0.4, 0.5) is 5.69 Å². The van der Waals surface area contributed by atoms with E-state index in [0.717, 1.165) is 44.6 Å². The summed E-state index contributed by atoms with van der Waals surface area (Å²) in [5.74, 6) is 0. The number of benzene rings is 1. The number of hydrogen-bond acceptors (Lipinski definition) is 1. The van der Waals surface area contributed by atoms with Crippen LogP contribution in [0.5, 0.6) is 0 Å². The fourth-order valence-electron chi connectivity index (χ4n) is 4.27. The SMILES string of the molecule is C=C/C=C\C(=C/C=C)N(/C(C=C)=c1\c(/C=C\C=C)c(C=C)n(C(/C=C\C=C)=C/C=C)\c1=C\C=C)c1ccccc1. The minimum absolute atomic E-state index is 0.845. The highest BCUT2D eigenvalue weighted by molar-refractivity contribution is 5.83. The number of rotatable bonds is 15. The predicted octanol–water partition coefficient (Wildman–Crippen LogP) is 8.68. The Morgan fingerprint density at radius 3 is 1.90 bits per heavy atom. The summed E-state index contributed by atoms with van der Waals surface area (Å²) in [7, 11) is 0. The van der Waals surface area contributed by atoms with Gasteiger partial charge < -0.3 is 9.47 Å². The summed E-state index contributed by atoms with van der Waals surface area (Å²) in [4.78, 5) is 2.14. The first-order chi connectivity index (χ1) is 19.6. The Hall–Kier alpha value is -5.34. The van der Waals surface area contributed by atoms with Gasteiger partial charge in [-0.05, 0) is 54.7 Å². The van der Waals surface area contributed by atoms with Gasteiger partial charge >= 0.3 is 0 Å². The van der Waals surface area contributed by atoms with Gasteiger partial charge in [-0.3, -0.25) is 0 Å². The van der Waals surface area contributed by atoms with E-state index in [4.69, 9.17) is 0 Å². The maximum atomic E-state index is 4.27. The van der Waals surface area contributed by atoms with Gasteiger partial charge in [0, 0.05) is 27.9 Å². The summed E-state index contributed by atoms with van der Waals surface area (Å²) in [6.45, 7) is 32.0. The van der Waals surface area contributed by atoms with Crippen LogP contribution in [0.15, 0.2) is 174 Å². The van der Waals surface area contributed by atoms with Crippen molar-refractivity contribution in [1.82, 2.24) is 4.57 Å². The largest absolute Gasteiger partial charge is 0.310 e. The Bertz CT molecular complexity index is 1560. The number of nitrogens with zero attached hydrogens (tertiary/aromatic N) is 2. The quantitative estimate of drug-likeness (QED) is 0.212. The van der Waals surface area contributed by atoms with Gasteiger partial charge in [-0.2, -0.15) is 0 Å². The molecule has 0 radical (unpaired) electrons. The van der Waals surface area contributed by atoms with Gasteiger partial charge in [0.15, 0.2) is 0 Å². The average molecular weight is 523 g/mol. The smallest absolute Gasteiger partial charge is 0.0561 e. The highest BCUT2D eigenvalue weighted by Gasteiger charge is 2.20. The van der Waals surface area contributed by atoms with Gasteiger partial charge in [-0.1, -0.05) is 132 Å². The number of aromatic nitrogens is 1. The molecule has 2 heteroatoms. The molecule has 2 nitrogen and oxygen atoms in total. The Kier molecular flexibility index (Phi) is 12.7. The molecular weight excluding hydrogens is 484 g/mol. The maximum absolute atomic E-state index is 4.27. The molecule has 40 heavy (non-hydrogen) atoms. The van der Waals surface area contributed by atoms with E-state index < -0.39 is 0 Å². The molecule has 0 aliphatic carbocycles. The second-order valence-corrected chi connectivity index (χ2v) is 8.20. The van der Waals surface area contributed by atoms with Crippen LogP contribution in [0.2, 0.25) is 0 Å². The molecule has 0 unspecified atom stereocenters. The minimum Gasteiger partial charge on any atom is -0.310 e. The summed E-state index contributed by atoms with van der Waals surface area (Å²) in [5.41, 5.74) is 5.36. The molecule has 2 rings (SSSR count). The maximum Gasteiger partial charge on any atom is 0.0561 e. The molecular formula is C38H38N2. The second-order valence-electron chi connectivity index (χ2n) is 8.20. The Morgan fingerprint density at radius 2 is 1.35 bits per heavy atom. The fourth-order valence-corrected chi connectivity index (χ4v) is 4.27. The van der Waals surface area contributed by atoms with Crippen molar-refractivity contribution in [3.63, 3.8) is 0 Å². The lowest BCUT2D eigenvalue weighted by molar-refractivity contribution is 1.05. The van der Waals surface area contributed by atoms with Crippen LogP contribution in [0.25, 0.3) is 29.6 Å². The van der Waals surface area contributed by atoms with Gasteiger partial charge in [0.1, 0.15) is 0 Å². The number of hydrogen-bond donors (Lipinski definition) is 0. The van der Waals surface area contributed by atoms with E-state index in [-0.39, 0.29) is 0 Å². The van der Waals surface area contributed by atoms with Gasteiger partial charge in [0.05, 0.1) is 16.7 Å². The number of para-hydroxylation sites is 1. The topological polar surface area (TPSA) is 8.17 Å². The first kappa shape index (κ1) is 30.9. The second kappa shape index (κ2) is 16.5. The van der Waals surface area contributed by atoms with E-state index >= 15 is 0 Å². The normalized spacial score (nSPS) is 13.3. The lowest BCUT2D eigenvalue weighted by Crippen LogP contribution is -2.36. The highest BCUT2D eigenvalue weighted by atomic mass is 15.2. The Balaban J connectivity index is 3.43. The van der Waals surface area contributed by atoms with Crippen LogP contribution in [-0.4, -0.2) is 4.57 Å². The molecule has 0 aliphatic rings. The summed E-state index contributed by atoms with van der Waals surface area (Å²) in [5, 5.41) is 1.81.